The van der Waals surface area contributed by atoms with Crippen LogP contribution in [0.1, 0.15) is 18.5 Å². The number of amides is 1. The molecule has 0 saturated carbocycles. The van der Waals surface area contributed by atoms with Gasteiger partial charge in [-0.2, -0.15) is 0 Å². The first-order chi connectivity index (χ1) is 8.43. The molecular weight excluding hydrogens is 236 g/mol. The first-order valence-corrected chi connectivity index (χ1v) is 5.45. The molecule has 3 atom stereocenters. The molecule has 18 heavy (non-hydrogen) atoms. The Hall–Kier alpha value is -1.92. The lowest BCUT2D eigenvalue weighted by Crippen LogP contribution is -2.49. The van der Waals surface area contributed by atoms with Crippen LogP contribution in [-0.4, -0.2) is 34.2 Å². The van der Waals surface area contributed by atoms with Gasteiger partial charge in [0.25, 0.3) is 0 Å². The SMILES string of the molecule is C[C@@H](O)[C@H](N)C(=O)N[C@H](C(=O)O)c1ccccc1. The van der Waals surface area contributed by atoms with E-state index >= 15 is 0 Å². The molecule has 6 heteroatoms. The molecule has 0 spiro atoms. The average molecular weight is 252 g/mol. The Bertz CT molecular complexity index is 419. The first kappa shape index (κ1) is 14.1. The molecule has 0 heterocycles. The number of carboxylic acid groups (broad SMARTS) is 1. The predicted molar refractivity (Wildman–Crippen MR) is 64.6 cm³/mol. The summed E-state index contributed by atoms with van der Waals surface area (Å²) in [6, 6.07) is 5.93. The van der Waals surface area contributed by atoms with Crippen molar-refractivity contribution < 1.29 is 19.8 Å². The molecule has 1 aromatic carbocycles. The third-order valence-corrected chi connectivity index (χ3v) is 2.49. The molecule has 0 aliphatic heterocycles. The molecule has 98 valence electrons. The lowest BCUT2D eigenvalue weighted by molar-refractivity contribution is -0.142. The largest absolute Gasteiger partial charge is 0.479 e. The lowest BCUT2D eigenvalue weighted by atomic mass is 10.1. The van der Waals surface area contributed by atoms with E-state index in [2.05, 4.69) is 5.32 Å². The molecule has 0 bridgehead atoms. The van der Waals surface area contributed by atoms with Gasteiger partial charge in [-0.05, 0) is 12.5 Å². The molecule has 0 radical (unpaired) electrons. The second kappa shape index (κ2) is 6.13. The zero-order valence-corrected chi connectivity index (χ0v) is 9.91. The maximum absolute atomic E-state index is 11.6. The number of carboxylic acids is 1. The van der Waals surface area contributed by atoms with Crippen molar-refractivity contribution in [2.24, 2.45) is 5.73 Å². The summed E-state index contributed by atoms with van der Waals surface area (Å²) in [6.07, 6.45) is -1.05. The highest BCUT2D eigenvalue weighted by Crippen LogP contribution is 2.12. The van der Waals surface area contributed by atoms with Gasteiger partial charge in [-0.15, -0.1) is 0 Å². The standard InChI is InChI=1S/C12H16N2O4/c1-7(15)9(13)11(16)14-10(12(17)18)8-5-3-2-4-6-8/h2-7,9-10,15H,13H2,1H3,(H,14,16)(H,17,18)/t7-,9+,10+/m1/s1. The van der Waals surface area contributed by atoms with E-state index in [0.29, 0.717) is 5.56 Å². The fraction of sp³-hybridized carbons (Fsp3) is 0.333. The summed E-state index contributed by atoms with van der Waals surface area (Å²) >= 11 is 0. The number of carbonyl (C=O) groups excluding carboxylic acids is 1. The monoisotopic (exact) mass is 252 g/mol. The summed E-state index contributed by atoms with van der Waals surface area (Å²) in [5, 5.41) is 20.5. The van der Waals surface area contributed by atoms with Gasteiger partial charge in [0, 0.05) is 0 Å². The molecule has 1 aromatic rings. The van der Waals surface area contributed by atoms with Crippen molar-refractivity contribution in [3.8, 4) is 0 Å². The highest BCUT2D eigenvalue weighted by Gasteiger charge is 2.26. The van der Waals surface area contributed by atoms with Crippen LogP contribution in [0.4, 0.5) is 0 Å². The average Bonchev–Trinajstić information content (AvgIpc) is 2.35. The third-order valence-electron chi connectivity index (χ3n) is 2.49. The number of nitrogens with one attached hydrogen (secondary N) is 1. The molecule has 6 nitrogen and oxygen atoms in total. The summed E-state index contributed by atoms with van der Waals surface area (Å²) in [7, 11) is 0. The second-order valence-corrected chi connectivity index (χ2v) is 3.96. The van der Waals surface area contributed by atoms with Crippen molar-refractivity contribution in [1.82, 2.24) is 5.32 Å². The third kappa shape index (κ3) is 3.54. The van der Waals surface area contributed by atoms with E-state index in [1.807, 2.05) is 0 Å². The van der Waals surface area contributed by atoms with E-state index in [0.717, 1.165) is 0 Å². The van der Waals surface area contributed by atoms with Crippen LogP contribution in [0.5, 0.6) is 0 Å². The van der Waals surface area contributed by atoms with Crippen molar-refractivity contribution in [1.29, 1.82) is 0 Å². The van der Waals surface area contributed by atoms with Gasteiger partial charge in [-0.25, -0.2) is 4.79 Å². The fourth-order valence-corrected chi connectivity index (χ4v) is 1.39. The molecule has 0 fully saturated rings. The number of hydrogen-bond donors (Lipinski definition) is 4. The molecule has 5 N–H and O–H groups in total. The number of hydrogen-bond acceptors (Lipinski definition) is 4. The minimum Gasteiger partial charge on any atom is -0.479 e. The van der Waals surface area contributed by atoms with Gasteiger partial charge in [-0.1, -0.05) is 30.3 Å². The number of aliphatic carboxylic acids is 1. The maximum atomic E-state index is 11.6. The van der Waals surface area contributed by atoms with Gasteiger partial charge in [0.15, 0.2) is 6.04 Å². The van der Waals surface area contributed by atoms with Gasteiger partial charge < -0.3 is 21.3 Å². The topological polar surface area (TPSA) is 113 Å². The number of aliphatic hydroxyl groups excluding tert-OH is 1. The minimum absolute atomic E-state index is 0.441. The summed E-state index contributed by atoms with van der Waals surface area (Å²) in [6.45, 7) is 1.36. The van der Waals surface area contributed by atoms with Crippen LogP contribution < -0.4 is 11.1 Å². The quantitative estimate of drug-likeness (QED) is 0.571. The van der Waals surface area contributed by atoms with Crippen molar-refractivity contribution >= 4 is 11.9 Å². The van der Waals surface area contributed by atoms with Gasteiger partial charge in [0.1, 0.15) is 6.04 Å². The molecular formula is C12H16N2O4. The lowest BCUT2D eigenvalue weighted by Gasteiger charge is -2.19. The highest BCUT2D eigenvalue weighted by atomic mass is 16.4. The normalized spacial score (nSPS) is 15.5. The maximum Gasteiger partial charge on any atom is 0.330 e. The Labute approximate surface area is 104 Å². The van der Waals surface area contributed by atoms with Gasteiger partial charge >= 0.3 is 5.97 Å². The molecule has 0 saturated heterocycles. The van der Waals surface area contributed by atoms with E-state index < -0.39 is 30.1 Å². The Morgan fingerprint density at radius 1 is 1.28 bits per heavy atom. The van der Waals surface area contributed by atoms with Gasteiger partial charge in [0.2, 0.25) is 5.91 Å². The van der Waals surface area contributed by atoms with Crippen LogP contribution in [-0.2, 0) is 9.59 Å². The number of rotatable bonds is 5. The molecule has 0 aliphatic rings. The molecule has 0 aromatic heterocycles. The smallest absolute Gasteiger partial charge is 0.330 e. The number of aliphatic hydroxyl groups is 1. The molecule has 0 unspecified atom stereocenters. The Morgan fingerprint density at radius 3 is 2.28 bits per heavy atom. The Balaban J connectivity index is 2.83. The zero-order valence-electron chi connectivity index (χ0n) is 9.91. The van der Waals surface area contributed by atoms with Crippen molar-refractivity contribution in [3.63, 3.8) is 0 Å². The second-order valence-electron chi connectivity index (χ2n) is 3.96. The zero-order chi connectivity index (χ0) is 13.7. The van der Waals surface area contributed by atoms with E-state index in [9.17, 15) is 14.7 Å². The minimum atomic E-state index is -1.19. The van der Waals surface area contributed by atoms with Gasteiger partial charge in [-0.3, -0.25) is 4.79 Å². The van der Waals surface area contributed by atoms with E-state index in [1.165, 1.54) is 6.92 Å². The summed E-state index contributed by atoms with van der Waals surface area (Å²) in [5.74, 6) is -1.89. The van der Waals surface area contributed by atoms with Crippen LogP contribution in [0.2, 0.25) is 0 Å². The van der Waals surface area contributed by atoms with Crippen LogP contribution in [0.15, 0.2) is 30.3 Å². The van der Waals surface area contributed by atoms with Crippen LogP contribution in [0.3, 0.4) is 0 Å². The molecule has 1 rings (SSSR count). The van der Waals surface area contributed by atoms with Crippen LogP contribution >= 0.6 is 0 Å². The van der Waals surface area contributed by atoms with Crippen LogP contribution in [0.25, 0.3) is 0 Å². The highest BCUT2D eigenvalue weighted by molar-refractivity contribution is 5.87. The number of carbonyl (C=O) groups is 2. The van der Waals surface area contributed by atoms with Gasteiger partial charge in [0.05, 0.1) is 6.10 Å². The summed E-state index contributed by atoms with van der Waals surface area (Å²) < 4.78 is 0. The van der Waals surface area contributed by atoms with Crippen molar-refractivity contribution in [2.45, 2.75) is 25.1 Å². The van der Waals surface area contributed by atoms with Crippen molar-refractivity contribution in [3.05, 3.63) is 35.9 Å². The summed E-state index contributed by atoms with van der Waals surface area (Å²) in [5.41, 5.74) is 5.87. The van der Waals surface area contributed by atoms with Crippen molar-refractivity contribution in [2.75, 3.05) is 0 Å². The first-order valence-electron chi connectivity index (χ1n) is 5.45. The van der Waals surface area contributed by atoms with E-state index in [4.69, 9.17) is 10.8 Å². The Kier molecular flexibility index (Phi) is 4.82. The molecule has 0 aliphatic carbocycles. The van der Waals surface area contributed by atoms with E-state index in [1.54, 1.807) is 30.3 Å². The Morgan fingerprint density at radius 2 is 1.83 bits per heavy atom. The van der Waals surface area contributed by atoms with E-state index in [-0.39, 0.29) is 0 Å². The van der Waals surface area contributed by atoms with Crippen LogP contribution in [0, 0.1) is 0 Å². The fourth-order valence-electron chi connectivity index (χ4n) is 1.39. The number of benzene rings is 1. The molecule has 1 amide bonds. The number of nitrogens with two attached hydrogens (primary N) is 1. The summed E-state index contributed by atoms with van der Waals surface area (Å²) in [4.78, 5) is 22.7. The predicted octanol–water partition coefficient (Wildman–Crippen LogP) is -0.363.